The summed E-state index contributed by atoms with van der Waals surface area (Å²) in [5.41, 5.74) is 11.3. The van der Waals surface area contributed by atoms with Gasteiger partial charge in [-0.15, -0.1) is 0 Å². The topological polar surface area (TPSA) is 105 Å². The normalized spacial score (nSPS) is 23.9. The Kier molecular flexibility index (Phi) is 4.37. The number of aliphatic hydroxyl groups is 1. The van der Waals surface area contributed by atoms with Crippen LogP contribution in [-0.4, -0.2) is 31.0 Å². The second-order valence-corrected chi connectivity index (χ2v) is 9.89. The largest absolute Gasteiger partial charge is 0.390 e. The number of nitrogens with two attached hydrogens (primary N) is 1. The molecule has 7 heteroatoms. The van der Waals surface area contributed by atoms with Crippen LogP contribution in [0.4, 0.5) is 0 Å². The van der Waals surface area contributed by atoms with E-state index in [0.717, 1.165) is 33.4 Å². The van der Waals surface area contributed by atoms with Gasteiger partial charge in [-0.3, -0.25) is 4.99 Å². The molecule has 6 nitrogen and oxygen atoms in total. The van der Waals surface area contributed by atoms with Gasteiger partial charge in [-0.2, -0.15) is 0 Å². The zero-order valence-electron chi connectivity index (χ0n) is 16.3. The van der Waals surface area contributed by atoms with E-state index in [1.165, 1.54) is 0 Å². The van der Waals surface area contributed by atoms with E-state index in [2.05, 4.69) is 9.71 Å². The van der Waals surface area contributed by atoms with E-state index >= 15 is 0 Å². The van der Waals surface area contributed by atoms with E-state index in [4.69, 9.17) is 5.73 Å². The smallest absolute Gasteiger partial charge is 0.240 e. The first-order chi connectivity index (χ1) is 13.1. The monoisotopic (exact) mass is 399 g/mol. The zero-order chi connectivity index (χ0) is 20.3. The maximum Gasteiger partial charge on any atom is 0.240 e. The third-order valence-corrected chi connectivity index (χ3v) is 7.24. The Morgan fingerprint density at radius 1 is 1.18 bits per heavy atom. The highest BCUT2D eigenvalue weighted by molar-refractivity contribution is 7.89. The van der Waals surface area contributed by atoms with Gasteiger partial charge in [-0.05, 0) is 73.6 Å². The number of rotatable bonds is 4. The summed E-state index contributed by atoms with van der Waals surface area (Å²) in [5, 5.41) is 9.82. The summed E-state index contributed by atoms with van der Waals surface area (Å²) in [7, 11) is -3.62. The van der Waals surface area contributed by atoms with Crippen molar-refractivity contribution in [3.8, 4) is 11.1 Å². The average Bonchev–Trinajstić information content (AvgIpc) is 2.95. The van der Waals surface area contributed by atoms with E-state index < -0.39 is 15.6 Å². The average molecular weight is 400 g/mol. The Morgan fingerprint density at radius 2 is 1.86 bits per heavy atom. The molecule has 0 aromatic heterocycles. The number of nitrogens with one attached hydrogen (secondary N) is 1. The summed E-state index contributed by atoms with van der Waals surface area (Å²) in [4.78, 5) is 4.55. The minimum atomic E-state index is -3.62. The molecule has 2 aromatic rings. The zero-order valence-corrected chi connectivity index (χ0v) is 17.1. The highest BCUT2D eigenvalue weighted by Gasteiger charge is 2.40. The van der Waals surface area contributed by atoms with Crippen molar-refractivity contribution in [1.82, 2.24) is 4.72 Å². The summed E-state index contributed by atoms with van der Waals surface area (Å²) in [6, 6.07) is 9.03. The van der Waals surface area contributed by atoms with Crippen molar-refractivity contribution < 1.29 is 13.5 Å². The minimum absolute atomic E-state index is 0.221. The van der Waals surface area contributed by atoms with Crippen molar-refractivity contribution >= 4 is 15.9 Å². The van der Waals surface area contributed by atoms with E-state index in [0.29, 0.717) is 25.2 Å². The molecule has 4 N–H and O–H groups in total. The van der Waals surface area contributed by atoms with Crippen LogP contribution in [0.5, 0.6) is 0 Å². The Morgan fingerprint density at radius 3 is 2.50 bits per heavy atom. The second kappa shape index (κ2) is 6.40. The minimum Gasteiger partial charge on any atom is -0.390 e. The second-order valence-electron chi connectivity index (χ2n) is 8.17. The molecule has 0 bridgehead atoms. The number of nitrogens with zero attached hydrogens (tertiary/aromatic N) is 1. The quantitative estimate of drug-likeness (QED) is 0.734. The first-order valence-electron chi connectivity index (χ1n) is 9.36. The number of hydrogen-bond acceptors (Lipinski definition) is 5. The van der Waals surface area contributed by atoms with Crippen LogP contribution in [0.25, 0.3) is 11.1 Å². The fraction of sp³-hybridized carbons (Fsp3) is 0.381. The van der Waals surface area contributed by atoms with Gasteiger partial charge in [0.15, 0.2) is 0 Å². The number of aryl methyl sites for hydroxylation is 1. The molecule has 0 saturated heterocycles. The summed E-state index contributed by atoms with van der Waals surface area (Å²) in [5.74, 6) is 0.562. The Bertz CT molecular complexity index is 1100. The molecule has 28 heavy (non-hydrogen) atoms. The van der Waals surface area contributed by atoms with Gasteiger partial charge >= 0.3 is 0 Å². The molecule has 1 saturated carbocycles. The molecule has 1 fully saturated rings. The van der Waals surface area contributed by atoms with Gasteiger partial charge in [0.05, 0.1) is 17.0 Å². The maximum atomic E-state index is 12.7. The molecular formula is C21H25N3O3S. The van der Waals surface area contributed by atoms with Gasteiger partial charge in [0.25, 0.3) is 0 Å². The lowest BCUT2D eigenvalue weighted by atomic mass is 9.78. The van der Waals surface area contributed by atoms with E-state index in [-0.39, 0.29) is 10.9 Å². The lowest BCUT2D eigenvalue weighted by Crippen LogP contribution is -2.53. The Labute approximate surface area is 165 Å². The summed E-state index contributed by atoms with van der Waals surface area (Å²) in [6.45, 7) is 6.26. The first kappa shape index (κ1) is 19.1. The molecule has 4 rings (SSSR count). The molecule has 1 aliphatic carbocycles. The van der Waals surface area contributed by atoms with Crippen LogP contribution in [0.3, 0.4) is 0 Å². The van der Waals surface area contributed by atoms with Crippen LogP contribution in [0, 0.1) is 13.8 Å². The fourth-order valence-electron chi connectivity index (χ4n) is 4.28. The first-order valence-corrected chi connectivity index (χ1v) is 10.8. The molecule has 0 radical (unpaired) electrons. The Hall–Kier alpha value is -2.22. The van der Waals surface area contributed by atoms with Gasteiger partial charge in [0, 0.05) is 11.6 Å². The lowest BCUT2D eigenvalue weighted by Gasteiger charge is -2.40. The van der Waals surface area contributed by atoms with Crippen LogP contribution in [0.1, 0.15) is 42.0 Å². The molecule has 1 aliphatic heterocycles. The molecule has 0 amide bonds. The third kappa shape index (κ3) is 3.23. The highest BCUT2D eigenvalue weighted by Crippen LogP contribution is 2.35. The SMILES string of the molecule is Cc1cc(S(=O)(=O)NC2CC(C)(O)C2)ccc1-c1ccc2c(c1C)C(N)=NC2. The molecule has 0 spiro atoms. The molecule has 1 heterocycles. The van der Waals surface area contributed by atoms with Crippen molar-refractivity contribution in [2.45, 2.75) is 56.7 Å². The van der Waals surface area contributed by atoms with Crippen LogP contribution >= 0.6 is 0 Å². The Balaban J connectivity index is 1.64. The van der Waals surface area contributed by atoms with E-state index in [1.807, 2.05) is 32.0 Å². The van der Waals surface area contributed by atoms with Crippen molar-refractivity contribution in [2.75, 3.05) is 0 Å². The van der Waals surface area contributed by atoms with Crippen LogP contribution < -0.4 is 10.5 Å². The van der Waals surface area contributed by atoms with Gasteiger partial charge in [-0.25, -0.2) is 13.1 Å². The number of hydrogen-bond donors (Lipinski definition) is 3. The van der Waals surface area contributed by atoms with Gasteiger partial charge in [-0.1, -0.05) is 18.2 Å². The van der Waals surface area contributed by atoms with Crippen LogP contribution in [0.15, 0.2) is 40.2 Å². The molecule has 2 aromatic carbocycles. The lowest BCUT2D eigenvalue weighted by molar-refractivity contribution is -0.0329. The van der Waals surface area contributed by atoms with Crippen LogP contribution in [0.2, 0.25) is 0 Å². The van der Waals surface area contributed by atoms with Crippen molar-refractivity contribution in [3.63, 3.8) is 0 Å². The number of amidine groups is 1. The third-order valence-electron chi connectivity index (χ3n) is 5.72. The number of benzene rings is 2. The maximum absolute atomic E-state index is 12.7. The highest BCUT2D eigenvalue weighted by atomic mass is 32.2. The van der Waals surface area contributed by atoms with Crippen LogP contribution in [-0.2, 0) is 16.6 Å². The van der Waals surface area contributed by atoms with E-state index in [9.17, 15) is 13.5 Å². The van der Waals surface area contributed by atoms with Crippen molar-refractivity contribution in [1.29, 1.82) is 0 Å². The fourth-order valence-corrected chi connectivity index (χ4v) is 5.60. The van der Waals surface area contributed by atoms with Gasteiger partial charge in [0.1, 0.15) is 5.84 Å². The van der Waals surface area contributed by atoms with E-state index in [1.54, 1.807) is 19.1 Å². The molecule has 2 aliphatic rings. The number of sulfonamides is 1. The van der Waals surface area contributed by atoms with Crippen molar-refractivity contribution in [2.24, 2.45) is 10.7 Å². The standard InChI is InChI=1S/C21H25N3O3S/c1-12-8-16(28(26,27)24-15-9-21(3,25)10-15)5-7-17(12)18-6-4-14-11-23-20(22)19(14)13(18)2/h4-8,15,24-25H,9-11H2,1-3H3,(H2,22,23). The predicted molar refractivity (Wildman–Crippen MR) is 110 cm³/mol. The van der Waals surface area contributed by atoms with Gasteiger partial charge < -0.3 is 10.8 Å². The summed E-state index contributed by atoms with van der Waals surface area (Å²) >= 11 is 0. The van der Waals surface area contributed by atoms with Gasteiger partial charge in [0.2, 0.25) is 10.0 Å². The molecule has 148 valence electrons. The predicted octanol–water partition coefficient (Wildman–Crippen LogP) is 2.38. The number of fused-ring (bicyclic) bond motifs is 1. The molecule has 0 atom stereocenters. The number of aliphatic imine (C=N–C) groups is 1. The summed E-state index contributed by atoms with van der Waals surface area (Å²) in [6.07, 6.45) is 0.862. The molecular weight excluding hydrogens is 374 g/mol. The van der Waals surface area contributed by atoms with Crippen molar-refractivity contribution in [3.05, 3.63) is 52.6 Å². The summed E-state index contributed by atoms with van der Waals surface area (Å²) < 4.78 is 28.1. The molecule has 0 unspecified atom stereocenters.